The Labute approximate surface area is 92.7 Å². The highest BCUT2D eigenvalue weighted by molar-refractivity contribution is 6.14. The van der Waals surface area contributed by atoms with Gasteiger partial charge in [-0.05, 0) is 25.6 Å². The molecule has 0 aromatic heterocycles. The zero-order valence-corrected chi connectivity index (χ0v) is 11.2. The second-order valence-corrected chi connectivity index (χ2v) is 4.60. The third-order valence-electron chi connectivity index (χ3n) is 2.83. The lowest BCUT2D eigenvalue weighted by Gasteiger charge is -2.23. The van der Waals surface area contributed by atoms with Crippen LogP contribution in [0.25, 0.3) is 0 Å². The van der Waals surface area contributed by atoms with Crippen molar-refractivity contribution < 1.29 is 0 Å². The molecular formula is C12H28BN. The monoisotopic (exact) mass is 197 g/mol. The van der Waals surface area contributed by atoms with Gasteiger partial charge in [0.15, 0.2) is 0 Å². The molecule has 84 valence electrons. The number of nitrogens with zero attached hydrogens (tertiary/aromatic N) is 1. The van der Waals surface area contributed by atoms with E-state index in [0.717, 1.165) is 0 Å². The lowest BCUT2D eigenvalue weighted by atomic mass is 9.65. The summed E-state index contributed by atoms with van der Waals surface area (Å²) in [5, 5.41) is 0.000000000000000222. The highest BCUT2D eigenvalue weighted by Gasteiger charge is 2.13. The van der Waals surface area contributed by atoms with E-state index in [4.69, 9.17) is 7.85 Å². The topological polar surface area (TPSA) is 3.24 Å². The van der Waals surface area contributed by atoms with Crippen molar-refractivity contribution in [2.45, 2.75) is 53.8 Å². The molecule has 0 aliphatic heterocycles. The molecule has 0 spiro atoms. The SMILES string of the molecule is CCN(CC)CC.[B]C(C)(C)C(C)C. The standard InChI is InChI=1S/C6H13B.C6H15N/c1-5(2)6(3,4)7;1-4-7(5-2)6-3/h5H,1-4H3;4-6H2,1-3H3. The van der Waals surface area contributed by atoms with Crippen molar-refractivity contribution >= 4 is 7.85 Å². The van der Waals surface area contributed by atoms with Crippen LogP contribution in [0.2, 0.25) is 5.31 Å². The molecule has 0 aliphatic carbocycles. The summed E-state index contributed by atoms with van der Waals surface area (Å²) in [4.78, 5) is 2.38. The maximum atomic E-state index is 5.68. The third kappa shape index (κ3) is 10.1. The van der Waals surface area contributed by atoms with Crippen molar-refractivity contribution in [2.75, 3.05) is 19.6 Å². The molecule has 1 nitrogen and oxygen atoms in total. The van der Waals surface area contributed by atoms with Gasteiger partial charge in [-0.2, -0.15) is 0 Å². The van der Waals surface area contributed by atoms with Gasteiger partial charge >= 0.3 is 0 Å². The van der Waals surface area contributed by atoms with E-state index in [0.29, 0.717) is 5.92 Å². The molecule has 0 heterocycles. The molecule has 0 amide bonds. The van der Waals surface area contributed by atoms with Crippen molar-refractivity contribution in [2.24, 2.45) is 5.92 Å². The molecule has 0 unspecified atom stereocenters. The summed E-state index contributed by atoms with van der Waals surface area (Å²) in [6, 6.07) is 0. The summed E-state index contributed by atoms with van der Waals surface area (Å²) < 4.78 is 0. The first-order valence-corrected chi connectivity index (χ1v) is 5.80. The number of rotatable bonds is 4. The molecule has 0 aliphatic rings. The molecule has 0 N–H and O–H groups in total. The molecule has 0 fully saturated rings. The lowest BCUT2D eigenvalue weighted by Crippen LogP contribution is -2.21. The van der Waals surface area contributed by atoms with Crippen LogP contribution in [0.15, 0.2) is 0 Å². The molecule has 0 bridgehead atoms. The van der Waals surface area contributed by atoms with Crippen molar-refractivity contribution in [3.05, 3.63) is 0 Å². The van der Waals surface area contributed by atoms with E-state index in [1.807, 2.05) is 13.8 Å². The minimum atomic E-state index is 0.000000000000000222. The molecular weight excluding hydrogens is 169 g/mol. The van der Waals surface area contributed by atoms with Crippen molar-refractivity contribution in [1.82, 2.24) is 4.90 Å². The summed E-state index contributed by atoms with van der Waals surface area (Å²) in [5.74, 6) is 0.576. The Morgan fingerprint density at radius 2 is 1.21 bits per heavy atom. The van der Waals surface area contributed by atoms with Crippen molar-refractivity contribution in [3.8, 4) is 0 Å². The Morgan fingerprint density at radius 1 is 1.00 bits per heavy atom. The lowest BCUT2D eigenvalue weighted by molar-refractivity contribution is 0.321. The first-order chi connectivity index (χ1) is 6.29. The van der Waals surface area contributed by atoms with Crippen LogP contribution in [0.3, 0.4) is 0 Å². The van der Waals surface area contributed by atoms with Gasteiger partial charge in [-0.1, -0.05) is 53.8 Å². The van der Waals surface area contributed by atoms with E-state index < -0.39 is 0 Å². The molecule has 0 aromatic rings. The predicted molar refractivity (Wildman–Crippen MR) is 68.1 cm³/mol. The third-order valence-corrected chi connectivity index (χ3v) is 2.83. The van der Waals surface area contributed by atoms with Crippen LogP contribution in [0.1, 0.15) is 48.5 Å². The summed E-state index contributed by atoms with van der Waals surface area (Å²) >= 11 is 0. The average molecular weight is 197 g/mol. The van der Waals surface area contributed by atoms with Gasteiger partial charge in [0.1, 0.15) is 0 Å². The van der Waals surface area contributed by atoms with Gasteiger partial charge in [0.2, 0.25) is 0 Å². The molecule has 2 radical (unpaired) electrons. The fourth-order valence-corrected chi connectivity index (χ4v) is 0.671. The van der Waals surface area contributed by atoms with Crippen LogP contribution in [0.4, 0.5) is 0 Å². The molecule has 0 aromatic carbocycles. The van der Waals surface area contributed by atoms with Crippen molar-refractivity contribution in [3.63, 3.8) is 0 Å². The second kappa shape index (κ2) is 8.34. The second-order valence-electron chi connectivity index (χ2n) is 4.60. The van der Waals surface area contributed by atoms with Gasteiger partial charge in [-0.25, -0.2) is 0 Å². The zero-order valence-electron chi connectivity index (χ0n) is 11.2. The minimum Gasteiger partial charge on any atom is -0.304 e. The summed E-state index contributed by atoms with van der Waals surface area (Å²) in [6.45, 7) is 18.5. The van der Waals surface area contributed by atoms with Crippen LogP contribution < -0.4 is 0 Å². The Morgan fingerprint density at radius 3 is 1.21 bits per heavy atom. The molecule has 2 heteroatoms. The quantitative estimate of drug-likeness (QED) is 0.624. The van der Waals surface area contributed by atoms with Crippen molar-refractivity contribution in [1.29, 1.82) is 0 Å². The Hall–Kier alpha value is 0.0249. The van der Waals surface area contributed by atoms with Crippen LogP contribution >= 0.6 is 0 Å². The van der Waals surface area contributed by atoms with Gasteiger partial charge in [-0.15, -0.1) is 0 Å². The normalized spacial score (nSPS) is 11.5. The summed E-state index contributed by atoms with van der Waals surface area (Å²) in [5.41, 5.74) is 0. The Balaban J connectivity index is 0. The summed E-state index contributed by atoms with van der Waals surface area (Å²) in [7, 11) is 5.68. The van der Waals surface area contributed by atoms with Crippen LogP contribution in [-0.2, 0) is 0 Å². The maximum absolute atomic E-state index is 5.68. The highest BCUT2D eigenvalue weighted by Crippen LogP contribution is 2.28. The van der Waals surface area contributed by atoms with Crippen LogP contribution in [0.5, 0.6) is 0 Å². The Bertz CT molecular complexity index is 106. The van der Waals surface area contributed by atoms with Crippen LogP contribution in [0, 0.1) is 5.92 Å². The average Bonchev–Trinajstić information content (AvgIpc) is 2.07. The van der Waals surface area contributed by atoms with Gasteiger partial charge in [0.05, 0.1) is 7.85 Å². The van der Waals surface area contributed by atoms with E-state index in [-0.39, 0.29) is 5.31 Å². The van der Waals surface area contributed by atoms with Gasteiger partial charge < -0.3 is 4.90 Å². The maximum Gasteiger partial charge on any atom is 0.0742 e. The number of hydrogen-bond donors (Lipinski definition) is 0. The molecule has 0 rings (SSSR count). The van der Waals surface area contributed by atoms with E-state index in [9.17, 15) is 0 Å². The van der Waals surface area contributed by atoms with E-state index in [2.05, 4.69) is 39.5 Å². The predicted octanol–water partition coefficient (Wildman–Crippen LogP) is 3.36. The fraction of sp³-hybridized carbons (Fsp3) is 1.00. The number of hydrogen-bond acceptors (Lipinski definition) is 1. The molecule has 0 atom stereocenters. The van der Waals surface area contributed by atoms with E-state index >= 15 is 0 Å². The highest BCUT2D eigenvalue weighted by atomic mass is 15.1. The molecule has 14 heavy (non-hydrogen) atoms. The van der Waals surface area contributed by atoms with Crippen LogP contribution in [-0.4, -0.2) is 32.4 Å². The van der Waals surface area contributed by atoms with Gasteiger partial charge in [0, 0.05) is 0 Å². The molecule has 0 saturated heterocycles. The minimum absolute atomic E-state index is 0.000000000000000222. The summed E-state index contributed by atoms with van der Waals surface area (Å²) in [6.07, 6.45) is 0. The largest absolute Gasteiger partial charge is 0.304 e. The Kier molecular flexibility index (Phi) is 9.81. The first kappa shape index (κ1) is 16.5. The smallest absolute Gasteiger partial charge is 0.0742 e. The van der Waals surface area contributed by atoms with E-state index in [1.165, 1.54) is 19.6 Å². The van der Waals surface area contributed by atoms with E-state index in [1.54, 1.807) is 0 Å². The fourth-order valence-electron chi connectivity index (χ4n) is 0.671. The van der Waals surface area contributed by atoms with Gasteiger partial charge in [0.25, 0.3) is 0 Å². The van der Waals surface area contributed by atoms with Gasteiger partial charge in [-0.3, -0.25) is 0 Å². The first-order valence-electron chi connectivity index (χ1n) is 5.80. The zero-order chi connectivity index (χ0) is 11.8. The molecule has 0 saturated carbocycles.